The van der Waals surface area contributed by atoms with Gasteiger partial charge in [0.15, 0.2) is 5.75 Å². The lowest BCUT2D eigenvalue weighted by molar-refractivity contribution is -0.146. The highest BCUT2D eigenvalue weighted by molar-refractivity contribution is 7.93. The first-order valence-corrected chi connectivity index (χ1v) is 12.7. The first-order valence-electron chi connectivity index (χ1n) is 10.1. The Bertz CT molecular complexity index is 1550. The van der Waals surface area contributed by atoms with Crippen molar-refractivity contribution in [3.8, 4) is 5.75 Å². The van der Waals surface area contributed by atoms with E-state index in [2.05, 4.69) is 0 Å². The zero-order valence-electron chi connectivity index (χ0n) is 18.0. The molecule has 0 saturated carbocycles. The molecule has 6 nitrogen and oxygen atoms in total. The van der Waals surface area contributed by atoms with Gasteiger partial charge in [-0.25, -0.2) is 13.2 Å². The van der Waals surface area contributed by atoms with Crippen molar-refractivity contribution in [3.05, 3.63) is 99.5 Å². The highest BCUT2D eigenvalue weighted by Crippen LogP contribution is 2.36. The standard InChI is InChI=1S/C25H16Cl3NO5S/c1-15-6-10-20(11-7-15)35(32,33)29(19-9-8-16-4-2-3-5-17(16)12-19)24(30)25(31)34-23-21(27)13-18(26)14-22(23)28/h2-14H,1H3. The number of rotatable bonds is 4. The molecule has 0 saturated heterocycles. The van der Waals surface area contributed by atoms with Crippen LogP contribution in [-0.2, 0) is 19.6 Å². The van der Waals surface area contributed by atoms with E-state index in [0.29, 0.717) is 9.69 Å². The number of sulfonamides is 1. The fourth-order valence-corrected chi connectivity index (χ4v) is 5.60. The molecule has 35 heavy (non-hydrogen) atoms. The smallest absolute Gasteiger partial charge is 0.403 e. The van der Waals surface area contributed by atoms with Gasteiger partial charge in [-0.1, -0.05) is 82.8 Å². The van der Waals surface area contributed by atoms with Gasteiger partial charge in [0, 0.05) is 5.02 Å². The summed E-state index contributed by atoms with van der Waals surface area (Å²) in [5.74, 6) is -3.27. The lowest BCUT2D eigenvalue weighted by Crippen LogP contribution is -2.43. The Labute approximate surface area is 216 Å². The number of fused-ring (bicyclic) bond motifs is 1. The zero-order valence-corrected chi connectivity index (χ0v) is 21.1. The third kappa shape index (κ3) is 5.13. The average molecular weight is 549 g/mol. The summed E-state index contributed by atoms with van der Waals surface area (Å²) < 4.78 is 32.7. The summed E-state index contributed by atoms with van der Waals surface area (Å²) in [6.45, 7) is 1.79. The molecule has 0 aromatic heterocycles. The number of aryl methyl sites for hydroxylation is 1. The third-order valence-electron chi connectivity index (χ3n) is 5.04. The summed E-state index contributed by atoms with van der Waals surface area (Å²) in [4.78, 5) is 26.0. The maximum atomic E-state index is 13.6. The SMILES string of the molecule is Cc1ccc(S(=O)(=O)N(C(=O)C(=O)Oc2c(Cl)cc(Cl)cc2Cl)c2ccc3ccccc3c2)cc1. The molecule has 0 radical (unpaired) electrons. The van der Waals surface area contributed by atoms with Crippen molar-refractivity contribution in [2.45, 2.75) is 11.8 Å². The van der Waals surface area contributed by atoms with Gasteiger partial charge in [0.25, 0.3) is 10.0 Å². The van der Waals surface area contributed by atoms with E-state index in [0.717, 1.165) is 10.9 Å². The Morgan fingerprint density at radius 1 is 0.800 bits per heavy atom. The van der Waals surface area contributed by atoms with Crippen LogP contribution >= 0.6 is 34.8 Å². The fourth-order valence-electron chi connectivity index (χ4n) is 3.33. The molecule has 0 unspecified atom stereocenters. The first kappa shape index (κ1) is 25.0. The zero-order chi connectivity index (χ0) is 25.3. The van der Waals surface area contributed by atoms with Crippen molar-refractivity contribution >= 4 is 73.2 Å². The largest absolute Gasteiger partial charge is 0.416 e. The summed E-state index contributed by atoms with van der Waals surface area (Å²) in [6.07, 6.45) is 0. The van der Waals surface area contributed by atoms with Gasteiger partial charge in [-0.3, -0.25) is 4.79 Å². The van der Waals surface area contributed by atoms with Crippen molar-refractivity contribution in [2.24, 2.45) is 0 Å². The van der Waals surface area contributed by atoms with Crippen LogP contribution in [0.25, 0.3) is 10.8 Å². The van der Waals surface area contributed by atoms with Gasteiger partial charge in [0.1, 0.15) is 0 Å². The van der Waals surface area contributed by atoms with E-state index in [-0.39, 0.29) is 31.4 Å². The first-order chi connectivity index (χ1) is 16.6. The summed E-state index contributed by atoms with van der Waals surface area (Å²) in [7, 11) is -4.51. The van der Waals surface area contributed by atoms with Crippen LogP contribution in [0.3, 0.4) is 0 Å². The average Bonchev–Trinajstić information content (AvgIpc) is 2.81. The molecular formula is C25H16Cl3NO5S. The van der Waals surface area contributed by atoms with Crippen LogP contribution in [0, 0.1) is 6.92 Å². The second kappa shape index (κ2) is 9.87. The Kier molecular flexibility index (Phi) is 7.05. The van der Waals surface area contributed by atoms with Crippen LogP contribution < -0.4 is 9.04 Å². The van der Waals surface area contributed by atoms with Gasteiger partial charge in [0.2, 0.25) is 0 Å². The van der Waals surface area contributed by atoms with E-state index in [4.69, 9.17) is 39.5 Å². The molecular weight excluding hydrogens is 533 g/mol. The van der Waals surface area contributed by atoms with E-state index in [9.17, 15) is 18.0 Å². The van der Waals surface area contributed by atoms with Gasteiger partial charge in [0.05, 0.1) is 20.6 Å². The third-order valence-corrected chi connectivity index (χ3v) is 7.55. The molecule has 0 aliphatic carbocycles. The van der Waals surface area contributed by atoms with Crippen LogP contribution in [0.1, 0.15) is 5.56 Å². The Balaban J connectivity index is 1.81. The topological polar surface area (TPSA) is 80.8 Å². The minimum atomic E-state index is -4.51. The fraction of sp³-hybridized carbons (Fsp3) is 0.0400. The summed E-state index contributed by atoms with van der Waals surface area (Å²) in [5.41, 5.74) is 0.776. The number of hydrogen-bond acceptors (Lipinski definition) is 5. The predicted molar refractivity (Wildman–Crippen MR) is 137 cm³/mol. The minimum Gasteiger partial charge on any atom is -0.416 e. The lowest BCUT2D eigenvalue weighted by atomic mass is 10.1. The molecule has 4 aromatic rings. The number of benzene rings is 4. The monoisotopic (exact) mass is 547 g/mol. The maximum Gasteiger partial charge on any atom is 0.403 e. The van der Waals surface area contributed by atoms with Crippen LogP contribution in [0.4, 0.5) is 5.69 Å². The number of anilines is 1. The Hall–Kier alpha value is -3.10. The quantitative estimate of drug-likeness (QED) is 0.167. The van der Waals surface area contributed by atoms with E-state index in [1.165, 1.54) is 36.4 Å². The van der Waals surface area contributed by atoms with Crippen LogP contribution in [0.15, 0.2) is 83.8 Å². The number of halogens is 3. The molecule has 0 spiro atoms. The number of esters is 1. The number of nitrogens with zero attached hydrogens (tertiary/aromatic N) is 1. The number of amides is 1. The predicted octanol–water partition coefficient (Wildman–Crippen LogP) is 6.44. The Morgan fingerprint density at radius 2 is 1.40 bits per heavy atom. The molecule has 0 aliphatic rings. The summed E-state index contributed by atoms with van der Waals surface area (Å²) >= 11 is 18.0. The number of carbonyl (C=O) groups is 2. The molecule has 10 heteroatoms. The van der Waals surface area contributed by atoms with Crippen molar-refractivity contribution in [1.29, 1.82) is 0 Å². The number of carbonyl (C=O) groups excluding carboxylic acids is 2. The maximum absolute atomic E-state index is 13.6. The molecule has 0 heterocycles. The Morgan fingerprint density at radius 3 is 2.03 bits per heavy atom. The van der Waals surface area contributed by atoms with Crippen LogP contribution in [0.5, 0.6) is 5.75 Å². The molecule has 0 bridgehead atoms. The van der Waals surface area contributed by atoms with Gasteiger partial charge < -0.3 is 4.74 Å². The van der Waals surface area contributed by atoms with E-state index < -0.39 is 21.9 Å². The van der Waals surface area contributed by atoms with Gasteiger partial charge in [-0.2, -0.15) is 4.31 Å². The lowest BCUT2D eigenvalue weighted by Gasteiger charge is -2.22. The number of ether oxygens (including phenoxy) is 1. The molecule has 0 atom stereocenters. The van der Waals surface area contributed by atoms with Gasteiger partial charge in [-0.05, 0) is 54.1 Å². The minimum absolute atomic E-state index is 0.0421. The molecule has 0 fully saturated rings. The van der Waals surface area contributed by atoms with Crippen LogP contribution in [0.2, 0.25) is 15.1 Å². The van der Waals surface area contributed by atoms with E-state index >= 15 is 0 Å². The highest BCUT2D eigenvalue weighted by atomic mass is 35.5. The van der Waals surface area contributed by atoms with Gasteiger partial charge in [-0.15, -0.1) is 0 Å². The van der Waals surface area contributed by atoms with Crippen molar-refractivity contribution in [2.75, 3.05) is 4.31 Å². The van der Waals surface area contributed by atoms with E-state index in [1.807, 2.05) is 12.1 Å². The number of hydrogen-bond donors (Lipinski definition) is 0. The molecule has 0 aliphatic heterocycles. The molecule has 4 aromatic carbocycles. The molecule has 1 amide bonds. The second-order valence-corrected chi connectivity index (χ2v) is 10.5. The van der Waals surface area contributed by atoms with Crippen molar-refractivity contribution < 1.29 is 22.7 Å². The van der Waals surface area contributed by atoms with Crippen molar-refractivity contribution in [3.63, 3.8) is 0 Å². The molecule has 178 valence electrons. The second-order valence-electron chi connectivity index (χ2n) is 7.51. The summed E-state index contributed by atoms with van der Waals surface area (Å²) in [6, 6.07) is 20.2. The van der Waals surface area contributed by atoms with E-state index in [1.54, 1.807) is 37.3 Å². The summed E-state index contributed by atoms with van der Waals surface area (Å²) in [5, 5.41) is 1.42. The van der Waals surface area contributed by atoms with Crippen molar-refractivity contribution in [1.82, 2.24) is 0 Å². The highest BCUT2D eigenvalue weighted by Gasteiger charge is 2.37. The van der Waals surface area contributed by atoms with Gasteiger partial charge >= 0.3 is 11.9 Å². The van der Waals surface area contributed by atoms with Crippen LogP contribution in [-0.4, -0.2) is 20.3 Å². The molecule has 0 N–H and O–H groups in total. The normalized spacial score (nSPS) is 11.3. The molecule has 4 rings (SSSR count).